The summed E-state index contributed by atoms with van der Waals surface area (Å²) in [5.41, 5.74) is 1.21. The van der Waals surface area contributed by atoms with Gasteiger partial charge in [-0.3, -0.25) is 14.5 Å². The minimum absolute atomic E-state index is 0.129. The van der Waals surface area contributed by atoms with Crippen LogP contribution in [0, 0.1) is 5.82 Å². The van der Waals surface area contributed by atoms with Gasteiger partial charge in [-0.2, -0.15) is 0 Å². The van der Waals surface area contributed by atoms with Gasteiger partial charge in [-0.1, -0.05) is 37.3 Å². The van der Waals surface area contributed by atoms with Crippen LogP contribution in [0.4, 0.5) is 4.39 Å². The van der Waals surface area contributed by atoms with Gasteiger partial charge in [-0.15, -0.1) is 11.8 Å². The number of rotatable bonds is 9. The monoisotopic (exact) mass is 451 g/mol. The summed E-state index contributed by atoms with van der Waals surface area (Å²) in [4.78, 5) is 28.0. The van der Waals surface area contributed by atoms with E-state index in [0.717, 1.165) is 11.3 Å². The second-order valence-corrected chi connectivity index (χ2v) is 8.22. The molecule has 1 aliphatic heterocycles. The Morgan fingerprint density at radius 1 is 1.00 bits per heavy atom. The molecule has 32 heavy (non-hydrogen) atoms. The fourth-order valence-corrected chi connectivity index (χ4v) is 4.39. The normalized spacial score (nSPS) is 13.9. The van der Waals surface area contributed by atoms with E-state index in [1.54, 1.807) is 54.8 Å². The van der Waals surface area contributed by atoms with E-state index < -0.39 is 17.6 Å². The van der Waals surface area contributed by atoms with Gasteiger partial charge in [0.2, 0.25) is 0 Å². The molecule has 1 aliphatic rings. The van der Waals surface area contributed by atoms with Crippen molar-refractivity contribution in [1.82, 2.24) is 4.90 Å². The van der Waals surface area contributed by atoms with Crippen molar-refractivity contribution < 1.29 is 23.1 Å². The van der Waals surface area contributed by atoms with E-state index in [9.17, 15) is 14.0 Å². The van der Waals surface area contributed by atoms with Crippen LogP contribution in [0.3, 0.4) is 0 Å². The Bertz CT molecular complexity index is 1140. The van der Waals surface area contributed by atoms with Crippen molar-refractivity contribution in [2.75, 3.05) is 6.61 Å². The van der Waals surface area contributed by atoms with Crippen LogP contribution in [0.25, 0.3) is 5.57 Å². The molecule has 0 radical (unpaired) electrons. The molecule has 1 aromatic heterocycles. The predicted octanol–water partition coefficient (Wildman–Crippen LogP) is 5.42. The van der Waals surface area contributed by atoms with E-state index in [1.807, 2.05) is 13.0 Å². The summed E-state index contributed by atoms with van der Waals surface area (Å²) in [5, 5.41) is 0. The zero-order chi connectivity index (χ0) is 22.5. The van der Waals surface area contributed by atoms with E-state index in [2.05, 4.69) is 0 Å². The summed E-state index contributed by atoms with van der Waals surface area (Å²) in [6.07, 6.45) is 2.45. The number of hydrogen-bond donors (Lipinski definition) is 0. The van der Waals surface area contributed by atoms with Gasteiger partial charge in [0.05, 0.1) is 35.6 Å². The summed E-state index contributed by atoms with van der Waals surface area (Å²) >= 11 is 1.24. The zero-order valence-electron chi connectivity index (χ0n) is 17.5. The van der Waals surface area contributed by atoms with E-state index >= 15 is 0 Å². The minimum Gasteiger partial charge on any atom is -0.494 e. The van der Waals surface area contributed by atoms with E-state index in [-0.39, 0.29) is 12.1 Å². The van der Waals surface area contributed by atoms with Crippen LogP contribution in [0.5, 0.6) is 5.75 Å². The highest BCUT2D eigenvalue weighted by Gasteiger charge is 2.39. The van der Waals surface area contributed by atoms with Crippen molar-refractivity contribution in [3.05, 3.63) is 94.5 Å². The number of imide groups is 1. The minimum atomic E-state index is -0.455. The third-order valence-corrected chi connectivity index (χ3v) is 6.06. The molecule has 4 rings (SSSR count). The molecule has 164 valence electrons. The Balaban J connectivity index is 1.65. The van der Waals surface area contributed by atoms with Crippen molar-refractivity contribution in [3.63, 3.8) is 0 Å². The highest BCUT2D eigenvalue weighted by molar-refractivity contribution is 8.03. The van der Waals surface area contributed by atoms with Gasteiger partial charge in [0, 0.05) is 5.56 Å². The molecule has 5 nitrogen and oxygen atoms in total. The fourth-order valence-electron chi connectivity index (χ4n) is 3.36. The average Bonchev–Trinajstić information content (AvgIpc) is 3.40. The van der Waals surface area contributed by atoms with Crippen molar-refractivity contribution >= 4 is 29.1 Å². The molecule has 0 unspecified atom stereocenters. The predicted molar refractivity (Wildman–Crippen MR) is 121 cm³/mol. The Morgan fingerprint density at radius 2 is 1.78 bits per heavy atom. The zero-order valence-corrected chi connectivity index (χ0v) is 18.4. The molecule has 0 bridgehead atoms. The summed E-state index contributed by atoms with van der Waals surface area (Å²) in [6, 6.07) is 16.8. The number of halogens is 1. The number of amides is 2. The Kier molecular flexibility index (Phi) is 6.75. The standard InChI is InChI=1S/C25H22FNO4S/c1-2-13-30-19-11-9-17(10-12-19)22-23(32-16-20-7-5-14-31-20)25(29)27(24(22)28)15-18-6-3-4-8-21(18)26/h3-12,14H,2,13,15-16H2,1H3. The van der Waals surface area contributed by atoms with Crippen LogP contribution < -0.4 is 4.74 Å². The molecule has 0 spiro atoms. The van der Waals surface area contributed by atoms with Gasteiger partial charge < -0.3 is 9.15 Å². The van der Waals surface area contributed by atoms with Gasteiger partial charge >= 0.3 is 0 Å². The number of hydrogen-bond acceptors (Lipinski definition) is 5. The molecule has 7 heteroatoms. The number of carbonyl (C=O) groups excluding carboxylic acids is 2. The van der Waals surface area contributed by atoms with Crippen LogP contribution in [-0.4, -0.2) is 23.3 Å². The first kappa shape index (κ1) is 21.9. The molecule has 2 heterocycles. The molecule has 0 aliphatic carbocycles. The van der Waals surface area contributed by atoms with Crippen LogP contribution in [0.2, 0.25) is 0 Å². The Hall–Kier alpha value is -3.32. The maximum absolute atomic E-state index is 14.2. The Labute approximate surface area is 189 Å². The maximum Gasteiger partial charge on any atom is 0.268 e. The summed E-state index contributed by atoms with van der Waals surface area (Å²) in [7, 11) is 0. The van der Waals surface area contributed by atoms with Gasteiger partial charge in [-0.25, -0.2) is 4.39 Å². The van der Waals surface area contributed by atoms with Crippen LogP contribution in [-0.2, 0) is 21.9 Å². The molecule has 0 saturated carbocycles. The lowest BCUT2D eigenvalue weighted by Crippen LogP contribution is -2.31. The summed E-state index contributed by atoms with van der Waals surface area (Å²) in [6.45, 7) is 2.49. The smallest absolute Gasteiger partial charge is 0.268 e. The lowest BCUT2D eigenvalue weighted by Gasteiger charge is -2.15. The number of ether oxygens (including phenoxy) is 1. The van der Waals surface area contributed by atoms with Gasteiger partial charge in [-0.05, 0) is 42.3 Å². The molecular weight excluding hydrogens is 429 g/mol. The molecular formula is C25H22FNO4S. The number of nitrogens with zero attached hydrogens (tertiary/aromatic N) is 1. The second kappa shape index (κ2) is 9.87. The quantitative estimate of drug-likeness (QED) is 0.407. The van der Waals surface area contributed by atoms with E-state index in [1.165, 1.54) is 17.8 Å². The lowest BCUT2D eigenvalue weighted by molar-refractivity contribution is -0.137. The largest absolute Gasteiger partial charge is 0.494 e. The molecule has 2 amide bonds. The van der Waals surface area contributed by atoms with Gasteiger partial charge in [0.15, 0.2) is 0 Å². The fraction of sp³-hybridized carbons (Fsp3) is 0.200. The third-order valence-electron chi connectivity index (χ3n) is 4.97. The van der Waals surface area contributed by atoms with Crippen LogP contribution in [0.15, 0.2) is 76.2 Å². The first-order chi connectivity index (χ1) is 15.6. The average molecular weight is 452 g/mol. The molecule has 3 aromatic rings. The van der Waals surface area contributed by atoms with Gasteiger partial charge in [0.1, 0.15) is 17.3 Å². The molecule has 2 aromatic carbocycles. The first-order valence-electron chi connectivity index (χ1n) is 10.3. The molecule has 0 fully saturated rings. The first-order valence-corrected chi connectivity index (χ1v) is 11.3. The van der Waals surface area contributed by atoms with Crippen LogP contribution in [0.1, 0.15) is 30.2 Å². The van der Waals surface area contributed by atoms with E-state index in [4.69, 9.17) is 9.15 Å². The van der Waals surface area contributed by atoms with Crippen molar-refractivity contribution in [3.8, 4) is 5.75 Å². The van der Waals surface area contributed by atoms with Gasteiger partial charge in [0.25, 0.3) is 11.8 Å². The molecule has 0 atom stereocenters. The number of thioether (sulfide) groups is 1. The van der Waals surface area contributed by atoms with Crippen molar-refractivity contribution in [1.29, 1.82) is 0 Å². The number of carbonyl (C=O) groups is 2. The third kappa shape index (κ3) is 4.62. The lowest BCUT2D eigenvalue weighted by atomic mass is 10.1. The van der Waals surface area contributed by atoms with E-state index in [0.29, 0.717) is 39.9 Å². The maximum atomic E-state index is 14.2. The highest BCUT2D eigenvalue weighted by atomic mass is 32.2. The number of furan rings is 1. The highest BCUT2D eigenvalue weighted by Crippen LogP contribution is 2.38. The topological polar surface area (TPSA) is 59.8 Å². The molecule has 0 saturated heterocycles. The number of benzene rings is 2. The van der Waals surface area contributed by atoms with Crippen molar-refractivity contribution in [2.24, 2.45) is 0 Å². The second-order valence-electron chi connectivity index (χ2n) is 7.23. The van der Waals surface area contributed by atoms with Crippen LogP contribution >= 0.6 is 11.8 Å². The summed E-state index contributed by atoms with van der Waals surface area (Å²) < 4.78 is 25.2. The van der Waals surface area contributed by atoms with Crippen molar-refractivity contribution in [2.45, 2.75) is 25.6 Å². The SMILES string of the molecule is CCCOc1ccc(C2=C(SCc3ccco3)C(=O)N(Cc3ccccc3F)C2=O)cc1. The Morgan fingerprint density at radius 3 is 2.47 bits per heavy atom. The molecule has 0 N–H and O–H groups in total. The summed E-state index contributed by atoms with van der Waals surface area (Å²) in [5.74, 6) is 0.456.